The molecule has 3 rings (SSSR count). The van der Waals surface area contributed by atoms with E-state index in [1.165, 1.54) is 0 Å². The highest BCUT2D eigenvalue weighted by Crippen LogP contribution is 2.45. The van der Waals surface area contributed by atoms with Gasteiger partial charge in [-0.2, -0.15) is 0 Å². The van der Waals surface area contributed by atoms with Crippen LogP contribution >= 0.6 is 0 Å². The topological polar surface area (TPSA) is 116 Å². The van der Waals surface area contributed by atoms with Crippen LogP contribution in [0.15, 0.2) is 24.3 Å². The van der Waals surface area contributed by atoms with Gasteiger partial charge in [0.05, 0.1) is 44.7 Å². The summed E-state index contributed by atoms with van der Waals surface area (Å²) < 4.78 is 37.1. The van der Waals surface area contributed by atoms with Crippen molar-refractivity contribution in [2.24, 2.45) is 11.8 Å². The molecule has 1 aromatic rings. The molecule has 242 valence electrons. The monoisotopic (exact) mass is 612 g/mol. The Morgan fingerprint density at radius 2 is 1.71 bits per heavy atom. The maximum Gasteiger partial charge on any atom is 0.199 e. The Labute approximate surface area is 253 Å². The SMILES string of the molecule is COc1ccc(CO[C@H]2CO[C@@H]([C@H](O)[C@@]3(OC)C[C@H](O[Si](C)(C)C(C)(C)C)[C@@H](C)[C@@H](CCCCO)O3)[C@H](C)[C@H]2O)cc1. The summed E-state index contributed by atoms with van der Waals surface area (Å²) in [4.78, 5) is 0. The maximum absolute atomic E-state index is 11.9. The lowest BCUT2D eigenvalue weighted by Crippen LogP contribution is -2.65. The molecule has 0 bridgehead atoms. The van der Waals surface area contributed by atoms with Crippen LogP contribution in [0.1, 0.15) is 65.9 Å². The molecule has 0 aliphatic carbocycles. The summed E-state index contributed by atoms with van der Waals surface area (Å²) in [6.07, 6.45) is -1.22. The Balaban J connectivity index is 1.77. The van der Waals surface area contributed by atoms with E-state index < -0.39 is 44.4 Å². The smallest absolute Gasteiger partial charge is 0.199 e. The van der Waals surface area contributed by atoms with Gasteiger partial charge < -0.3 is 43.4 Å². The normalized spacial score (nSPS) is 33.4. The minimum Gasteiger partial charge on any atom is -0.497 e. The molecule has 2 aliphatic heterocycles. The van der Waals surface area contributed by atoms with Crippen molar-refractivity contribution in [2.45, 2.75) is 127 Å². The zero-order valence-electron chi connectivity index (χ0n) is 27.2. The quantitative estimate of drug-likeness (QED) is 0.216. The van der Waals surface area contributed by atoms with Gasteiger partial charge in [0, 0.05) is 32.0 Å². The van der Waals surface area contributed by atoms with Gasteiger partial charge in [-0.15, -0.1) is 0 Å². The fraction of sp³-hybridized carbons (Fsp3) is 0.812. The average Bonchev–Trinajstić information content (AvgIpc) is 2.95. The van der Waals surface area contributed by atoms with E-state index >= 15 is 0 Å². The third kappa shape index (κ3) is 8.14. The summed E-state index contributed by atoms with van der Waals surface area (Å²) in [6.45, 7) is 15.7. The standard InChI is InChI=1S/C32H56O9Si/c1-21-25(12-10-11-17-33)40-32(37-7,18-26(21)41-42(8,9)31(3,4)5)30(35)29-22(2)28(34)27(20-39-29)38-19-23-13-15-24(36-6)16-14-23/h13-16,21-22,25-30,33-35H,10-12,17-20H2,1-9H3/t21-,22+,25+,26-,27-,28+,29+,30-,32+/m0/s1. The Morgan fingerprint density at radius 1 is 1.05 bits per heavy atom. The third-order valence-corrected chi connectivity index (χ3v) is 14.3. The summed E-state index contributed by atoms with van der Waals surface area (Å²) in [6, 6.07) is 7.59. The van der Waals surface area contributed by atoms with Gasteiger partial charge in [-0.3, -0.25) is 0 Å². The van der Waals surface area contributed by atoms with Gasteiger partial charge in [0.1, 0.15) is 18.0 Å². The van der Waals surface area contributed by atoms with Crippen LogP contribution in [0.2, 0.25) is 18.1 Å². The van der Waals surface area contributed by atoms with Gasteiger partial charge in [0.15, 0.2) is 14.1 Å². The van der Waals surface area contributed by atoms with Crippen LogP contribution in [-0.2, 0) is 30.0 Å². The molecule has 1 aromatic carbocycles. The molecule has 0 radical (unpaired) electrons. The number of aliphatic hydroxyl groups excluding tert-OH is 3. The number of aliphatic hydroxyl groups is 3. The highest BCUT2D eigenvalue weighted by atomic mass is 28.4. The Kier molecular flexibility index (Phi) is 12.5. The largest absolute Gasteiger partial charge is 0.497 e. The van der Waals surface area contributed by atoms with Gasteiger partial charge in [-0.05, 0) is 55.1 Å². The summed E-state index contributed by atoms with van der Waals surface area (Å²) in [5, 5.41) is 32.5. The van der Waals surface area contributed by atoms with E-state index in [0.717, 1.165) is 17.7 Å². The van der Waals surface area contributed by atoms with E-state index in [4.69, 9.17) is 28.1 Å². The van der Waals surface area contributed by atoms with Crippen molar-refractivity contribution >= 4 is 8.32 Å². The fourth-order valence-corrected chi connectivity index (χ4v) is 7.14. The second kappa shape index (κ2) is 14.8. The van der Waals surface area contributed by atoms with E-state index in [9.17, 15) is 15.3 Å². The molecule has 10 heteroatoms. The number of rotatable bonds is 13. The molecule has 3 N–H and O–H groups in total. The van der Waals surface area contributed by atoms with Crippen molar-refractivity contribution in [3.05, 3.63) is 29.8 Å². The first-order chi connectivity index (χ1) is 19.7. The van der Waals surface area contributed by atoms with Gasteiger partial charge in [0.25, 0.3) is 0 Å². The first-order valence-corrected chi connectivity index (χ1v) is 18.3. The molecule has 9 atom stereocenters. The van der Waals surface area contributed by atoms with Crippen molar-refractivity contribution in [1.29, 1.82) is 0 Å². The van der Waals surface area contributed by atoms with E-state index in [0.29, 0.717) is 25.9 Å². The molecule has 42 heavy (non-hydrogen) atoms. The van der Waals surface area contributed by atoms with Crippen LogP contribution in [0.4, 0.5) is 0 Å². The number of hydrogen-bond donors (Lipinski definition) is 3. The number of benzene rings is 1. The molecule has 0 amide bonds. The highest BCUT2D eigenvalue weighted by molar-refractivity contribution is 6.74. The zero-order valence-corrected chi connectivity index (χ0v) is 28.2. The maximum atomic E-state index is 11.9. The minimum absolute atomic E-state index is 0.0116. The predicted molar refractivity (Wildman–Crippen MR) is 164 cm³/mol. The van der Waals surface area contributed by atoms with E-state index in [2.05, 4.69) is 40.8 Å². The van der Waals surface area contributed by atoms with Crippen LogP contribution < -0.4 is 4.74 Å². The van der Waals surface area contributed by atoms with Crippen molar-refractivity contribution in [3.63, 3.8) is 0 Å². The lowest BCUT2D eigenvalue weighted by Gasteiger charge is -2.53. The van der Waals surface area contributed by atoms with Gasteiger partial charge >= 0.3 is 0 Å². The van der Waals surface area contributed by atoms with Crippen LogP contribution in [0.5, 0.6) is 5.75 Å². The third-order valence-electron chi connectivity index (χ3n) is 9.78. The first kappa shape index (κ1) is 35.4. The van der Waals surface area contributed by atoms with Gasteiger partial charge in [0.2, 0.25) is 0 Å². The Bertz CT molecular complexity index is 952. The molecule has 2 saturated heterocycles. The van der Waals surface area contributed by atoms with Crippen LogP contribution in [0.3, 0.4) is 0 Å². The summed E-state index contributed by atoms with van der Waals surface area (Å²) in [5.74, 6) is -0.987. The lowest BCUT2D eigenvalue weighted by molar-refractivity contribution is -0.354. The molecule has 0 aromatic heterocycles. The number of hydrogen-bond acceptors (Lipinski definition) is 9. The van der Waals surface area contributed by atoms with Crippen molar-refractivity contribution in [2.75, 3.05) is 27.4 Å². The predicted octanol–water partition coefficient (Wildman–Crippen LogP) is 4.66. The van der Waals surface area contributed by atoms with E-state index in [1.54, 1.807) is 14.2 Å². The molecule has 0 spiro atoms. The number of methoxy groups -OCH3 is 2. The van der Waals surface area contributed by atoms with Crippen molar-refractivity contribution < 1.29 is 43.4 Å². The Morgan fingerprint density at radius 3 is 2.29 bits per heavy atom. The van der Waals surface area contributed by atoms with E-state index in [1.807, 2.05) is 31.2 Å². The lowest BCUT2D eigenvalue weighted by atomic mass is 9.80. The second-order valence-electron chi connectivity index (χ2n) is 13.7. The molecule has 0 saturated carbocycles. The molecular formula is C32H56O9Si. The van der Waals surface area contributed by atoms with Crippen LogP contribution in [0, 0.1) is 11.8 Å². The number of unbranched alkanes of at least 4 members (excludes halogenated alkanes) is 1. The van der Waals surface area contributed by atoms with Crippen molar-refractivity contribution in [3.8, 4) is 5.75 Å². The van der Waals surface area contributed by atoms with Gasteiger partial charge in [-0.25, -0.2) is 0 Å². The van der Waals surface area contributed by atoms with Crippen LogP contribution in [0.25, 0.3) is 0 Å². The molecule has 2 fully saturated rings. The van der Waals surface area contributed by atoms with Crippen LogP contribution in [-0.4, -0.2) is 93.5 Å². The summed E-state index contributed by atoms with van der Waals surface area (Å²) in [7, 11) is 1.02. The zero-order chi connectivity index (χ0) is 31.3. The Hall–Kier alpha value is -1.08. The second-order valence-corrected chi connectivity index (χ2v) is 18.4. The fourth-order valence-electron chi connectivity index (χ4n) is 5.73. The highest BCUT2D eigenvalue weighted by Gasteiger charge is 2.56. The number of ether oxygens (including phenoxy) is 5. The summed E-state index contributed by atoms with van der Waals surface area (Å²) >= 11 is 0. The van der Waals surface area contributed by atoms with E-state index in [-0.39, 0.29) is 36.4 Å². The molecule has 0 unspecified atom stereocenters. The average molecular weight is 613 g/mol. The summed E-state index contributed by atoms with van der Waals surface area (Å²) in [5.41, 5.74) is 0.959. The molecular weight excluding hydrogens is 556 g/mol. The first-order valence-electron chi connectivity index (χ1n) is 15.4. The molecule has 9 nitrogen and oxygen atoms in total. The minimum atomic E-state index is -2.16. The van der Waals surface area contributed by atoms with Crippen molar-refractivity contribution in [1.82, 2.24) is 0 Å². The van der Waals surface area contributed by atoms with Gasteiger partial charge in [-0.1, -0.05) is 46.8 Å². The molecule has 2 heterocycles. The molecule has 2 aliphatic rings.